The molecule has 2 heterocycles. The van der Waals surface area contributed by atoms with Crippen molar-refractivity contribution in [2.75, 3.05) is 36.0 Å². The molecule has 1 aliphatic rings. The van der Waals surface area contributed by atoms with E-state index in [2.05, 4.69) is 9.72 Å². The van der Waals surface area contributed by atoms with Gasteiger partial charge in [0.2, 0.25) is 0 Å². The summed E-state index contributed by atoms with van der Waals surface area (Å²) >= 11 is 0. The van der Waals surface area contributed by atoms with Gasteiger partial charge in [-0.15, -0.1) is 13.2 Å². The predicted octanol–water partition coefficient (Wildman–Crippen LogP) is 3.65. The molecular weight excluding hydrogens is 366 g/mol. The molecule has 0 amide bonds. The molecule has 144 valence electrons. The number of ether oxygens (including phenoxy) is 1. The number of ketones is 1. The maximum absolute atomic E-state index is 14.3. The number of carbonyl (C=O) groups is 1. The lowest BCUT2D eigenvalue weighted by atomic mass is 10.1. The lowest BCUT2D eigenvalue weighted by Crippen LogP contribution is -2.47. The van der Waals surface area contributed by atoms with E-state index in [0.717, 1.165) is 6.20 Å². The molecule has 1 aromatic carbocycles. The monoisotopic (exact) mass is 383 g/mol. The first kappa shape index (κ1) is 18.9. The number of carbonyl (C=O) groups excluding carboxylic acids is 1. The maximum atomic E-state index is 14.3. The summed E-state index contributed by atoms with van der Waals surface area (Å²) < 4.78 is 54.6. The summed E-state index contributed by atoms with van der Waals surface area (Å²) in [4.78, 5) is 19.1. The van der Waals surface area contributed by atoms with Crippen molar-refractivity contribution in [3.8, 4) is 5.75 Å². The molecule has 9 heteroatoms. The maximum Gasteiger partial charge on any atom is 0.573 e. The number of piperazine rings is 1. The van der Waals surface area contributed by atoms with Crippen molar-refractivity contribution in [1.29, 1.82) is 0 Å². The molecule has 0 saturated carbocycles. The summed E-state index contributed by atoms with van der Waals surface area (Å²) in [6, 6.07) is 7.07. The SMILES string of the molecule is CC(=O)c1ccc(N2CCN(c3ccc(OC(F)(F)F)cn3)CC2)c(F)c1. The Balaban J connectivity index is 1.63. The van der Waals surface area contributed by atoms with Crippen molar-refractivity contribution < 1.29 is 27.1 Å². The summed E-state index contributed by atoms with van der Waals surface area (Å²) in [5, 5.41) is 0. The van der Waals surface area contributed by atoms with E-state index in [0.29, 0.717) is 43.2 Å². The third kappa shape index (κ3) is 4.66. The summed E-state index contributed by atoms with van der Waals surface area (Å²) in [5.74, 6) is -0.508. The van der Waals surface area contributed by atoms with Crippen LogP contribution in [0.5, 0.6) is 5.75 Å². The molecule has 0 spiro atoms. The zero-order chi connectivity index (χ0) is 19.6. The number of hydrogen-bond donors (Lipinski definition) is 0. The van der Waals surface area contributed by atoms with Gasteiger partial charge in [-0.3, -0.25) is 4.79 Å². The highest BCUT2D eigenvalue weighted by Crippen LogP contribution is 2.26. The lowest BCUT2D eigenvalue weighted by molar-refractivity contribution is -0.274. The van der Waals surface area contributed by atoms with Crippen LogP contribution in [0.2, 0.25) is 0 Å². The Morgan fingerprint density at radius 1 is 1.07 bits per heavy atom. The van der Waals surface area contributed by atoms with E-state index in [-0.39, 0.29) is 11.5 Å². The molecule has 1 aliphatic heterocycles. The zero-order valence-electron chi connectivity index (χ0n) is 14.5. The van der Waals surface area contributed by atoms with Gasteiger partial charge in [-0.1, -0.05) is 0 Å². The van der Waals surface area contributed by atoms with Crippen LogP contribution >= 0.6 is 0 Å². The van der Waals surface area contributed by atoms with Gasteiger partial charge in [0, 0.05) is 31.7 Å². The Kier molecular flexibility index (Phi) is 5.20. The molecule has 0 N–H and O–H groups in total. The number of benzene rings is 1. The van der Waals surface area contributed by atoms with Crippen LogP contribution in [0.15, 0.2) is 36.5 Å². The molecule has 3 rings (SSSR count). The minimum absolute atomic E-state index is 0.200. The number of alkyl halides is 3. The molecule has 5 nitrogen and oxygen atoms in total. The first-order chi connectivity index (χ1) is 12.7. The topological polar surface area (TPSA) is 45.7 Å². The van der Waals surface area contributed by atoms with E-state index in [1.807, 2.05) is 9.80 Å². The molecule has 27 heavy (non-hydrogen) atoms. The number of Topliss-reactive ketones (excluding diaryl/α,β-unsaturated/α-hetero) is 1. The molecule has 0 radical (unpaired) electrons. The minimum Gasteiger partial charge on any atom is -0.404 e. The third-order valence-corrected chi connectivity index (χ3v) is 4.25. The van der Waals surface area contributed by atoms with Gasteiger partial charge in [-0.25, -0.2) is 9.37 Å². The van der Waals surface area contributed by atoms with Gasteiger partial charge in [0.25, 0.3) is 0 Å². The van der Waals surface area contributed by atoms with Crippen molar-refractivity contribution in [1.82, 2.24) is 4.98 Å². The number of hydrogen-bond acceptors (Lipinski definition) is 5. The quantitative estimate of drug-likeness (QED) is 0.596. The first-order valence-electron chi connectivity index (χ1n) is 8.25. The van der Waals surface area contributed by atoms with E-state index in [1.165, 1.54) is 25.1 Å². The largest absolute Gasteiger partial charge is 0.573 e. The van der Waals surface area contributed by atoms with Crippen LogP contribution in [-0.4, -0.2) is 43.3 Å². The average Bonchev–Trinajstić information content (AvgIpc) is 2.61. The minimum atomic E-state index is -4.75. The molecule has 1 saturated heterocycles. The smallest absolute Gasteiger partial charge is 0.404 e. The van der Waals surface area contributed by atoms with Gasteiger partial charge in [0.1, 0.15) is 17.4 Å². The standard InChI is InChI=1S/C18H17F4N3O2/c1-12(26)13-2-4-16(15(19)10-13)24-6-8-25(9-7-24)17-5-3-14(11-23-17)27-18(20,21)22/h2-5,10-11H,6-9H2,1H3. The number of aromatic nitrogens is 1. The Morgan fingerprint density at radius 3 is 2.26 bits per heavy atom. The second kappa shape index (κ2) is 7.42. The molecule has 1 aromatic heterocycles. The highest BCUT2D eigenvalue weighted by Gasteiger charge is 2.31. The predicted molar refractivity (Wildman–Crippen MR) is 91.8 cm³/mol. The molecule has 0 atom stereocenters. The van der Waals surface area contributed by atoms with Gasteiger partial charge in [0.05, 0.1) is 11.9 Å². The number of halogens is 4. The van der Waals surface area contributed by atoms with Gasteiger partial charge in [-0.2, -0.15) is 0 Å². The van der Waals surface area contributed by atoms with Gasteiger partial charge in [0.15, 0.2) is 5.78 Å². The second-order valence-corrected chi connectivity index (χ2v) is 6.10. The van der Waals surface area contributed by atoms with Crippen molar-refractivity contribution in [2.45, 2.75) is 13.3 Å². The summed E-state index contributed by atoms with van der Waals surface area (Å²) in [5.41, 5.74) is 0.738. The van der Waals surface area contributed by atoms with Crippen LogP contribution in [0.1, 0.15) is 17.3 Å². The summed E-state index contributed by atoms with van der Waals surface area (Å²) in [6.45, 7) is 3.46. The molecule has 0 unspecified atom stereocenters. The first-order valence-corrected chi connectivity index (χ1v) is 8.25. The van der Waals surface area contributed by atoms with Crippen LogP contribution in [0.3, 0.4) is 0 Å². The van der Waals surface area contributed by atoms with E-state index in [1.54, 1.807) is 12.1 Å². The van der Waals surface area contributed by atoms with Gasteiger partial charge < -0.3 is 14.5 Å². The number of pyridine rings is 1. The fourth-order valence-corrected chi connectivity index (χ4v) is 2.91. The Bertz CT molecular complexity index is 816. The fourth-order valence-electron chi connectivity index (χ4n) is 2.91. The summed E-state index contributed by atoms with van der Waals surface area (Å²) in [7, 11) is 0. The van der Waals surface area contributed by atoms with E-state index in [9.17, 15) is 22.4 Å². The molecule has 1 fully saturated rings. The zero-order valence-corrected chi connectivity index (χ0v) is 14.5. The van der Waals surface area contributed by atoms with E-state index in [4.69, 9.17) is 0 Å². The van der Waals surface area contributed by atoms with Crippen molar-refractivity contribution in [3.63, 3.8) is 0 Å². The number of rotatable bonds is 4. The Labute approximate surface area is 153 Å². The normalized spacial score (nSPS) is 15.0. The van der Waals surface area contributed by atoms with Crippen molar-refractivity contribution >= 4 is 17.3 Å². The lowest BCUT2D eigenvalue weighted by Gasteiger charge is -2.36. The fraction of sp³-hybridized carbons (Fsp3) is 0.333. The molecule has 0 aliphatic carbocycles. The van der Waals surface area contributed by atoms with Crippen LogP contribution in [0.25, 0.3) is 0 Å². The third-order valence-electron chi connectivity index (χ3n) is 4.25. The second-order valence-electron chi connectivity index (χ2n) is 6.10. The van der Waals surface area contributed by atoms with E-state index >= 15 is 0 Å². The van der Waals surface area contributed by atoms with Crippen LogP contribution < -0.4 is 14.5 Å². The highest BCUT2D eigenvalue weighted by molar-refractivity contribution is 5.94. The van der Waals surface area contributed by atoms with Crippen molar-refractivity contribution in [2.24, 2.45) is 0 Å². The molecular formula is C18H17F4N3O2. The van der Waals surface area contributed by atoms with Crippen LogP contribution in [-0.2, 0) is 0 Å². The Hall–Kier alpha value is -2.84. The highest BCUT2D eigenvalue weighted by atomic mass is 19.4. The molecule has 2 aromatic rings. The van der Waals surface area contributed by atoms with E-state index < -0.39 is 12.2 Å². The number of nitrogens with zero attached hydrogens (tertiary/aromatic N) is 3. The van der Waals surface area contributed by atoms with Crippen LogP contribution in [0.4, 0.5) is 29.1 Å². The van der Waals surface area contributed by atoms with Crippen LogP contribution in [0, 0.1) is 5.82 Å². The Morgan fingerprint density at radius 2 is 1.74 bits per heavy atom. The average molecular weight is 383 g/mol. The van der Waals surface area contributed by atoms with Gasteiger partial charge >= 0.3 is 6.36 Å². The summed E-state index contributed by atoms with van der Waals surface area (Å²) in [6.07, 6.45) is -3.73. The van der Waals surface area contributed by atoms with Crippen molar-refractivity contribution in [3.05, 3.63) is 47.9 Å². The number of anilines is 2. The van der Waals surface area contributed by atoms with Gasteiger partial charge in [-0.05, 0) is 37.3 Å². The molecule has 0 bridgehead atoms.